The van der Waals surface area contributed by atoms with Crippen LogP contribution in [-0.2, 0) is 14.3 Å². The lowest BCUT2D eigenvalue weighted by Crippen LogP contribution is -2.43. The maximum Gasteiger partial charge on any atom is 0.417 e. The van der Waals surface area contributed by atoms with Crippen molar-refractivity contribution in [3.8, 4) is 0 Å². The molecule has 4 nitrogen and oxygen atoms in total. The van der Waals surface area contributed by atoms with Gasteiger partial charge in [-0.2, -0.15) is 0 Å². The number of hydrogen-bond donors (Lipinski definition) is 1. The number of carbonyl (C=O) groups excluding carboxylic acids is 1. The highest BCUT2D eigenvalue weighted by Gasteiger charge is 2.40. The fourth-order valence-electron chi connectivity index (χ4n) is 2.18. The molecule has 0 amide bonds. The van der Waals surface area contributed by atoms with E-state index in [9.17, 15) is 9.59 Å². The number of esters is 1. The average molecular weight is 214 g/mol. The van der Waals surface area contributed by atoms with E-state index in [1.165, 1.54) is 0 Å². The molecule has 1 rings (SSSR count). The highest BCUT2D eigenvalue weighted by molar-refractivity contribution is 6.28. The summed E-state index contributed by atoms with van der Waals surface area (Å²) in [6.07, 6.45) is 4.71. The first-order chi connectivity index (χ1) is 6.98. The Hall–Kier alpha value is -1.06. The van der Waals surface area contributed by atoms with Crippen LogP contribution in [0, 0.1) is 5.92 Å². The Balaban J connectivity index is 2.73. The van der Waals surface area contributed by atoms with E-state index in [0.717, 1.165) is 32.1 Å². The van der Waals surface area contributed by atoms with E-state index >= 15 is 0 Å². The molecular weight excluding hydrogens is 196 g/mol. The predicted octanol–water partition coefficient (Wildman–Crippen LogP) is 1.97. The second-order valence-corrected chi connectivity index (χ2v) is 4.47. The minimum absolute atomic E-state index is 0.168. The number of carboxylic acid groups (broad SMARTS) is 1. The van der Waals surface area contributed by atoms with Crippen molar-refractivity contribution in [3.63, 3.8) is 0 Å². The third-order valence-corrected chi connectivity index (χ3v) is 3.22. The number of carbonyl (C=O) groups is 2. The minimum Gasteiger partial charge on any atom is -0.473 e. The summed E-state index contributed by atoms with van der Waals surface area (Å²) in [5.74, 6) is -2.45. The highest BCUT2D eigenvalue weighted by atomic mass is 16.6. The molecule has 1 fully saturated rings. The Labute approximate surface area is 89.6 Å². The summed E-state index contributed by atoms with van der Waals surface area (Å²) in [6, 6.07) is 0. The summed E-state index contributed by atoms with van der Waals surface area (Å²) < 4.78 is 5.16. The van der Waals surface area contributed by atoms with Gasteiger partial charge in [0.2, 0.25) is 0 Å². The predicted molar refractivity (Wildman–Crippen MR) is 54.4 cm³/mol. The first kappa shape index (κ1) is 12.0. The van der Waals surface area contributed by atoms with E-state index < -0.39 is 17.5 Å². The van der Waals surface area contributed by atoms with E-state index in [1.54, 1.807) is 0 Å². The third kappa shape index (κ3) is 2.70. The maximum absolute atomic E-state index is 11.1. The first-order valence-electron chi connectivity index (χ1n) is 5.44. The molecule has 1 aliphatic rings. The van der Waals surface area contributed by atoms with Crippen molar-refractivity contribution >= 4 is 11.9 Å². The minimum atomic E-state index is -1.50. The standard InChI is InChI=1S/C11H18O4/c1-8(2)11(6-4-3-5-7-11)15-10(14)9(12)13/h8H,3-7H2,1-2H3,(H,12,13). The SMILES string of the molecule is CC(C)C1(OC(=O)C(=O)O)CCCCC1. The van der Waals surface area contributed by atoms with Gasteiger partial charge < -0.3 is 9.84 Å². The lowest BCUT2D eigenvalue weighted by molar-refractivity contribution is -0.181. The molecule has 0 aliphatic heterocycles. The second-order valence-electron chi connectivity index (χ2n) is 4.47. The van der Waals surface area contributed by atoms with Crippen molar-refractivity contribution in [3.05, 3.63) is 0 Å². The van der Waals surface area contributed by atoms with Crippen LogP contribution < -0.4 is 0 Å². The van der Waals surface area contributed by atoms with E-state index in [1.807, 2.05) is 13.8 Å². The molecule has 0 saturated heterocycles. The van der Waals surface area contributed by atoms with Crippen LogP contribution >= 0.6 is 0 Å². The van der Waals surface area contributed by atoms with Crippen LogP contribution in [0.25, 0.3) is 0 Å². The molecule has 0 heterocycles. The lowest BCUT2D eigenvalue weighted by Gasteiger charge is -2.39. The molecule has 1 aliphatic carbocycles. The molecule has 0 unspecified atom stereocenters. The summed E-state index contributed by atoms with van der Waals surface area (Å²) in [4.78, 5) is 21.6. The van der Waals surface area contributed by atoms with Gasteiger partial charge >= 0.3 is 11.9 Å². The zero-order valence-electron chi connectivity index (χ0n) is 9.28. The molecule has 86 valence electrons. The molecule has 0 aromatic rings. The Kier molecular flexibility index (Phi) is 3.72. The molecule has 0 spiro atoms. The summed E-state index contributed by atoms with van der Waals surface area (Å²) in [5, 5.41) is 8.53. The van der Waals surface area contributed by atoms with Crippen LogP contribution in [0.2, 0.25) is 0 Å². The Morgan fingerprint density at radius 3 is 2.13 bits per heavy atom. The zero-order chi connectivity index (χ0) is 11.5. The quantitative estimate of drug-likeness (QED) is 0.564. The van der Waals surface area contributed by atoms with Crippen molar-refractivity contribution in [2.24, 2.45) is 5.92 Å². The summed E-state index contributed by atoms with van der Waals surface area (Å²) in [7, 11) is 0. The van der Waals surface area contributed by atoms with Crippen LogP contribution in [0.1, 0.15) is 46.0 Å². The van der Waals surface area contributed by atoms with Gasteiger partial charge in [-0.1, -0.05) is 20.3 Å². The molecule has 0 bridgehead atoms. The van der Waals surface area contributed by atoms with Gasteiger partial charge in [0.05, 0.1) is 0 Å². The number of ether oxygens (including phenoxy) is 1. The van der Waals surface area contributed by atoms with Crippen LogP contribution in [0.4, 0.5) is 0 Å². The molecule has 1 N–H and O–H groups in total. The summed E-state index contributed by atoms with van der Waals surface area (Å²) in [5.41, 5.74) is -0.548. The van der Waals surface area contributed by atoms with Gasteiger partial charge in [-0.25, -0.2) is 9.59 Å². The third-order valence-electron chi connectivity index (χ3n) is 3.22. The number of hydrogen-bond acceptors (Lipinski definition) is 3. The normalized spacial score (nSPS) is 19.9. The summed E-state index contributed by atoms with van der Waals surface area (Å²) >= 11 is 0. The largest absolute Gasteiger partial charge is 0.473 e. The molecule has 1 saturated carbocycles. The van der Waals surface area contributed by atoms with E-state index in [4.69, 9.17) is 9.84 Å². The van der Waals surface area contributed by atoms with Crippen LogP contribution in [-0.4, -0.2) is 22.6 Å². The van der Waals surface area contributed by atoms with Crippen LogP contribution in [0.5, 0.6) is 0 Å². The first-order valence-corrected chi connectivity index (χ1v) is 5.44. The fraction of sp³-hybridized carbons (Fsp3) is 0.818. The molecule has 0 aromatic heterocycles. The van der Waals surface area contributed by atoms with Crippen molar-refractivity contribution in [1.29, 1.82) is 0 Å². The van der Waals surface area contributed by atoms with Gasteiger partial charge in [0, 0.05) is 0 Å². The average Bonchev–Trinajstić information content (AvgIpc) is 2.18. The molecule has 0 aromatic carbocycles. The molecule has 4 heteroatoms. The van der Waals surface area contributed by atoms with Crippen molar-refractivity contribution in [1.82, 2.24) is 0 Å². The van der Waals surface area contributed by atoms with Gasteiger partial charge in [-0.05, 0) is 31.6 Å². The van der Waals surface area contributed by atoms with Crippen LogP contribution in [0.15, 0.2) is 0 Å². The maximum atomic E-state index is 11.1. The fourth-order valence-corrected chi connectivity index (χ4v) is 2.18. The number of aliphatic carboxylic acids is 1. The second kappa shape index (κ2) is 4.64. The Morgan fingerprint density at radius 2 is 1.73 bits per heavy atom. The number of carboxylic acids is 1. The molecule has 0 radical (unpaired) electrons. The Bertz CT molecular complexity index is 251. The van der Waals surface area contributed by atoms with Crippen molar-refractivity contribution in [2.45, 2.75) is 51.6 Å². The summed E-state index contributed by atoms with van der Waals surface area (Å²) in [6.45, 7) is 3.95. The van der Waals surface area contributed by atoms with Crippen molar-refractivity contribution in [2.75, 3.05) is 0 Å². The monoisotopic (exact) mass is 214 g/mol. The van der Waals surface area contributed by atoms with Gasteiger partial charge in [0.25, 0.3) is 0 Å². The zero-order valence-corrected chi connectivity index (χ0v) is 9.28. The van der Waals surface area contributed by atoms with E-state index in [2.05, 4.69) is 0 Å². The smallest absolute Gasteiger partial charge is 0.417 e. The Morgan fingerprint density at radius 1 is 1.20 bits per heavy atom. The van der Waals surface area contributed by atoms with Gasteiger partial charge in [-0.15, -0.1) is 0 Å². The van der Waals surface area contributed by atoms with Crippen LogP contribution in [0.3, 0.4) is 0 Å². The molecule has 15 heavy (non-hydrogen) atoms. The lowest BCUT2D eigenvalue weighted by atomic mass is 9.77. The van der Waals surface area contributed by atoms with Crippen molar-refractivity contribution < 1.29 is 19.4 Å². The number of rotatable bonds is 2. The van der Waals surface area contributed by atoms with Gasteiger partial charge in [0.1, 0.15) is 5.60 Å². The van der Waals surface area contributed by atoms with Gasteiger partial charge in [0.15, 0.2) is 0 Å². The highest BCUT2D eigenvalue weighted by Crippen LogP contribution is 2.37. The van der Waals surface area contributed by atoms with E-state index in [-0.39, 0.29) is 5.92 Å². The molecular formula is C11H18O4. The van der Waals surface area contributed by atoms with Gasteiger partial charge in [-0.3, -0.25) is 0 Å². The van der Waals surface area contributed by atoms with E-state index in [0.29, 0.717) is 0 Å². The topological polar surface area (TPSA) is 63.6 Å². The molecule has 0 atom stereocenters.